The zero-order valence-electron chi connectivity index (χ0n) is 18.1. The summed E-state index contributed by atoms with van der Waals surface area (Å²) in [5.74, 6) is -1.41. The normalized spacial score (nSPS) is 13.2. The lowest BCUT2D eigenvalue weighted by atomic mass is 9.98. The molecule has 0 spiro atoms. The summed E-state index contributed by atoms with van der Waals surface area (Å²) in [6.07, 6.45) is 8.23. The van der Waals surface area contributed by atoms with Gasteiger partial charge in [0.2, 0.25) is 5.91 Å². The Balaban J connectivity index is 0. The van der Waals surface area contributed by atoms with Gasteiger partial charge in [-0.25, -0.2) is 9.59 Å². The fourth-order valence-corrected chi connectivity index (χ4v) is 2.49. The lowest BCUT2D eigenvalue weighted by molar-refractivity contribution is -0.145. The lowest BCUT2D eigenvalue weighted by Gasteiger charge is -2.23. The summed E-state index contributed by atoms with van der Waals surface area (Å²) < 4.78 is 5.21. The van der Waals surface area contributed by atoms with Crippen LogP contribution in [-0.4, -0.2) is 40.4 Å². The monoisotopic (exact) mass is 409 g/mol. The minimum absolute atomic E-state index is 0.0596. The van der Waals surface area contributed by atoms with Crippen molar-refractivity contribution in [2.45, 2.75) is 77.9 Å². The first-order valence-corrected chi connectivity index (χ1v) is 9.50. The highest BCUT2D eigenvalue weighted by molar-refractivity contribution is 5.88. The van der Waals surface area contributed by atoms with Crippen molar-refractivity contribution in [3.8, 4) is 0 Å². The Labute approximate surface area is 173 Å². The first-order chi connectivity index (χ1) is 13.3. The number of carbonyl (C=O) groups is 4. The second kappa shape index (κ2) is 15.2. The molecule has 0 heterocycles. The molecule has 0 aromatic rings. The van der Waals surface area contributed by atoms with Crippen molar-refractivity contribution in [2.24, 2.45) is 0 Å². The molecule has 0 bridgehead atoms. The van der Waals surface area contributed by atoms with Crippen LogP contribution in [0.2, 0.25) is 0 Å². The van der Waals surface area contributed by atoms with Crippen LogP contribution in [0.3, 0.4) is 0 Å². The van der Waals surface area contributed by atoms with E-state index in [-0.39, 0.29) is 23.8 Å². The number of carboxylic acids is 1. The van der Waals surface area contributed by atoms with Crippen molar-refractivity contribution in [3.05, 3.63) is 37.5 Å². The Bertz CT molecular complexity index is 600. The molecule has 1 rings (SSSR count). The van der Waals surface area contributed by atoms with E-state index in [1.165, 1.54) is 32.3 Å². The predicted octanol–water partition coefficient (Wildman–Crippen LogP) is 3.74. The number of ketones is 1. The van der Waals surface area contributed by atoms with Crippen LogP contribution in [0.4, 0.5) is 0 Å². The Morgan fingerprint density at radius 2 is 1.55 bits per heavy atom. The molecule has 0 unspecified atom stereocenters. The standard InChI is InChI=1S/C10H16O2.C9H15NO2.C3H4O2/c1-8(2)10(11)12-9-6-4-3-5-7-9;1-5-8(12)10-9(3,4)6-7(2)11;1-2-3(4)5/h9H,1,3-7H2,2H3;5H,1,6H2,2-4H3,(H,10,12);2H,1H2,(H,4,5). The summed E-state index contributed by atoms with van der Waals surface area (Å²) in [5.41, 5.74) is 0.0254. The third-order valence-electron chi connectivity index (χ3n) is 3.69. The van der Waals surface area contributed by atoms with E-state index in [9.17, 15) is 19.2 Å². The molecule has 164 valence electrons. The zero-order chi connectivity index (χ0) is 23.0. The number of nitrogens with one attached hydrogen (secondary N) is 1. The van der Waals surface area contributed by atoms with E-state index in [0.29, 0.717) is 12.0 Å². The van der Waals surface area contributed by atoms with Crippen LogP contribution in [0.25, 0.3) is 0 Å². The first-order valence-electron chi connectivity index (χ1n) is 9.50. The molecule has 1 fully saturated rings. The van der Waals surface area contributed by atoms with Gasteiger partial charge in [0, 0.05) is 23.6 Å². The highest BCUT2D eigenvalue weighted by Crippen LogP contribution is 2.20. The average Bonchev–Trinajstić information content (AvgIpc) is 2.61. The maximum atomic E-state index is 11.1. The van der Waals surface area contributed by atoms with E-state index in [0.717, 1.165) is 18.9 Å². The van der Waals surface area contributed by atoms with Crippen LogP contribution >= 0.6 is 0 Å². The smallest absolute Gasteiger partial charge is 0.333 e. The van der Waals surface area contributed by atoms with Crippen LogP contribution < -0.4 is 5.32 Å². The number of esters is 1. The molecule has 1 aliphatic carbocycles. The van der Waals surface area contributed by atoms with Crippen LogP contribution in [-0.2, 0) is 23.9 Å². The van der Waals surface area contributed by atoms with Crippen molar-refractivity contribution in [1.82, 2.24) is 5.32 Å². The van der Waals surface area contributed by atoms with Gasteiger partial charge in [-0.05, 0) is 59.5 Å². The second-order valence-corrected chi connectivity index (χ2v) is 7.44. The predicted molar refractivity (Wildman–Crippen MR) is 113 cm³/mol. The topological polar surface area (TPSA) is 110 Å². The minimum Gasteiger partial charge on any atom is -0.478 e. The quantitative estimate of drug-likeness (QED) is 0.490. The first kappa shape index (κ1) is 28.5. The molecule has 29 heavy (non-hydrogen) atoms. The number of hydrogen-bond donors (Lipinski definition) is 2. The molecular weight excluding hydrogens is 374 g/mol. The fourth-order valence-electron chi connectivity index (χ4n) is 2.49. The highest BCUT2D eigenvalue weighted by atomic mass is 16.5. The van der Waals surface area contributed by atoms with Crippen molar-refractivity contribution >= 4 is 23.6 Å². The molecule has 0 atom stereocenters. The van der Waals surface area contributed by atoms with Gasteiger partial charge in [0.25, 0.3) is 0 Å². The molecule has 0 aliphatic heterocycles. The molecule has 0 aromatic heterocycles. The van der Waals surface area contributed by atoms with Gasteiger partial charge in [0.1, 0.15) is 11.9 Å². The van der Waals surface area contributed by atoms with E-state index < -0.39 is 11.5 Å². The summed E-state index contributed by atoms with van der Waals surface area (Å²) in [6.45, 7) is 16.6. The number of ether oxygens (including phenoxy) is 1. The van der Waals surface area contributed by atoms with Crippen LogP contribution in [0.15, 0.2) is 37.5 Å². The van der Waals surface area contributed by atoms with Gasteiger partial charge in [0.15, 0.2) is 0 Å². The molecule has 0 aromatic carbocycles. The molecule has 1 amide bonds. The Kier molecular flexibility index (Phi) is 15.0. The summed E-state index contributed by atoms with van der Waals surface area (Å²) in [4.78, 5) is 42.0. The Hall–Kier alpha value is -2.70. The maximum Gasteiger partial charge on any atom is 0.333 e. The summed E-state index contributed by atoms with van der Waals surface area (Å²) in [5, 5.41) is 10.3. The van der Waals surface area contributed by atoms with Gasteiger partial charge < -0.3 is 15.2 Å². The maximum absolute atomic E-state index is 11.1. The van der Waals surface area contributed by atoms with Crippen molar-refractivity contribution < 1.29 is 29.0 Å². The largest absolute Gasteiger partial charge is 0.478 e. The van der Waals surface area contributed by atoms with Crippen LogP contribution in [0.5, 0.6) is 0 Å². The van der Waals surface area contributed by atoms with Gasteiger partial charge >= 0.3 is 11.9 Å². The summed E-state index contributed by atoms with van der Waals surface area (Å²) >= 11 is 0. The van der Waals surface area contributed by atoms with Crippen LogP contribution in [0, 0.1) is 0 Å². The number of Topliss-reactive ketones (excluding diaryl/α,β-unsaturated/α-hetero) is 1. The van der Waals surface area contributed by atoms with E-state index >= 15 is 0 Å². The third kappa shape index (κ3) is 18.4. The van der Waals surface area contributed by atoms with E-state index in [1.807, 2.05) is 0 Å². The van der Waals surface area contributed by atoms with E-state index in [2.05, 4.69) is 25.1 Å². The number of carbonyl (C=O) groups excluding carboxylic acids is 3. The van der Waals surface area contributed by atoms with Crippen LogP contribution in [0.1, 0.15) is 66.2 Å². The van der Waals surface area contributed by atoms with Gasteiger partial charge in [0.05, 0.1) is 0 Å². The van der Waals surface area contributed by atoms with E-state index in [4.69, 9.17) is 9.84 Å². The van der Waals surface area contributed by atoms with Crippen molar-refractivity contribution in [1.29, 1.82) is 0 Å². The number of amides is 1. The zero-order valence-corrected chi connectivity index (χ0v) is 18.1. The molecule has 0 saturated heterocycles. The Morgan fingerprint density at radius 1 is 1.07 bits per heavy atom. The lowest BCUT2D eigenvalue weighted by Crippen LogP contribution is -2.43. The van der Waals surface area contributed by atoms with Crippen molar-refractivity contribution in [2.75, 3.05) is 0 Å². The minimum atomic E-state index is -0.981. The molecule has 1 saturated carbocycles. The third-order valence-corrected chi connectivity index (χ3v) is 3.69. The van der Waals surface area contributed by atoms with E-state index in [1.54, 1.807) is 20.8 Å². The fraction of sp³-hybridized carbons (Fsp3) is 0.545. The molecule has 1 aliphatic rings. The average molecular weight is 410 g/mol. The summed E-state index contributed by atoms with van der Waals surface area (Å²) in [6, 6.07) is 0. The highest BCUT2D eigenvalue weighted by Gasteiger charge is 2.20. The molecule has 7 nitrogen and oxygen atoms in total. The molecule has 0 radical (unpaired) electrons. The number of rotatable bonds is 7. The van der Waals surface area contributed by atoms with Gasteiger partial charge in [-0.1, -0.05) is 26.2 Å². The van der Waals surface area contributed by atoms with Gasteiger partial charge in [-0.15, -0.1) is 0 Å². The summed E-state index contributed by atoms with van der Waals surface area (Å²) in [7, 11) is 0. The molecule has 7 heteroatoms. The number of hydrogen-bond acceptors (Lipinski definition) is 5. The second-order valence-electron chi connectivity index (χ2n) is 7.44. The number of carboxylic acid groups (broad SMARTS) is 1. The molecular formula is C22H35NO6. The van der Waals surface area contributed by atoms with Gasteiger partial charge in [-0.3, -0.25) is 9.59 Å². The Morgan fingerprint density at radius 3 is 1.90 bits per heavy atom. The SMILES string of the molecule is C=C(C)C(=O)OC1CCCCC1.C=CC(=O)NC(C)(C)CC(C)=O.C=CC(=O)O. The van der Waals surface area contributed by atoms with Gasteiger partial charge in [-0.2, -0.15) is 0 Å². The van der Waals surface area contributed by atoms with Crippen molar-refractivity contribution in [3.63, 3.8) is 0 Å². The number of aliphatic carboxylic acids is 1. The molecule has 2 N–H and O–H groups in total.